The molecule has 0 saturated heterocycles. The maximum atomic E-state index is 11.0. The summed E-state index contributed by atoms with van der Waals surface area (Å²) in [6.45, 7) is -0.308. The van der Waals surface area contributed by atoms with Gasteiger partial charge in [0.2, 0.25) is 0 Å². The summed E-state index contributed by atoms with van der Waals surface area (Å²) in [4.78, 5) is 21.3. The zero-order valence-corrected chi connectivity index (χ0v) is 7.90. The topological polar surface area (TPSA) is 107 Å². The number of nitrogen functional groups attached to an aromatic ring is 1. The molecule has 0 radical (unpaired) electrons. The van der Waals surface area contributed by atoms with Gasteiger partial charge >= 0.3 is 6.03 Å². The quantitative estimate of drug-likeness (QED) is 0.601. The number of primary amides is 1. The molecule has 1 aromatic carbocycles. The highest BCUT2D eigenvalue weighted by molar-refractivity contribution is 5.94. The van der Waals surface area contributed by atoms with E-state index in [2.05, 4.69) is 0 Å². The number of anilines is 1. The molecule has 0 spiro atoms. The number of imide groups is 1. The fourth-order valence-corrected chi connectivity index (χ4v) is 0.929. The van der Waals surface area contributed by atoms with Gasteiger partial charge in [0.15, 0.2) is 6.61 Å². The Morgan fingerprint density at radius 1 is 1.33 bits per heavy atom. The number of amides is 3. The van der Waals surface area contributed by atoms with Gasteiger partial charge in [-0.3, -0.25) is 10.1 Å². The van der Waals surface area contributed by atoms with Crippen LogP contribution in [-0.2, 0) is 4.79 Å². The lowest BCUT2D eigenvalue weighted by molar-refractivity contribution is -0.121. The van der Waals surface area contributed by atoms with Crippen molar-refractivity contribution in [2.75, 3.05) is 12.3 Å². The van der Waals surface area contributed by atoms with Gasteiger partial charge in [-0.25, -0.2) is 4.79 Å². The average Bonchev–Trinajstić information content (AvgIpc) is 2.15. The fraction of sp³-hybridized carbons (Fsp3) is 0.111. The molecule has 0 aliphatic heterocycles. The number of carbonyl (C=O) groups excluding carboxylic acids is 2. The standard InChI is InChI=1S/C9H11N3O3/c10-6-3-1-2-4-7(6)15-5-8(13)12-9(11)14/h1-4H,5,10H2,(H3,11,12,13,14). The number of nitrogens with one attached hydrogen (secondary N) is 1. The molecule has 0 unspecified atom stereocenters. The van der Waals surface area contributed by atoms with Gasteiger partial charge in [0.05, 0.1) is 5.69 Å². The molecule has 5 N–H and O–H groups in total. The first-order valence-electron chi connectivity index (χ1n) is 4.16. The molecule has 0 saturated carbocycles. The summed E-state index contributed by atoms with van der Waals surface area (Å²) in [5.41, 5.74) is 10.7. The summed E-state index contributed by atoms with van der Waals surface area (Å²) in [6, 6.07) is 5.81. The lowest BCUT2D eigenvalue weighted by Gasteiger charge is -2.07. The van der Waals surface area contributed by atoms with Crippen LogP contribution in [0.5, 0.6) is 5.75 Å². The summed E-state index contributed by atoms with van der Waals surface area (Å²) in [6.07, 6.45) is 0. The monoisotopic (exact) mass is 209 g/mol. The van der Waals surface area contributed by atoms with Crippen LogP contribution in [0.1, 0.15) is 0 Å². The number of ether oxygens (including phenoxy) is 1. The van der Waals surface area contributed by atoms with Gasteiger partial charge < -0.3 is 16.2 Å². The predicted molar refractivity (Wildman–Crippen MR) is 54.1 cm³/mol. The van der Waals surface area contributed by atoms with Crippen molar-refractivity contribution in [2.24, 2.45) is 5.73 Å². The number of hydrogen-bond donors (Lipinski definition) is 3. The van der Waals surface area contributed by atoms with Gasteiger partial charge in [-0.1, -0.05) is 12.1 Å². The van der Waals surface area contributed by atoms with Crippen molar-refractivity contribution >= 4 is 17.6 Å². The van der Waals surface area contributed by atoms with Crippen LogP contribution in [0.15, 0.2) is 24.3 Å². The van der Waals surface area contributed by atoms with Crippen LogP contribution in [0, 0.1) is 0 Å². The molecule has 3 amide bonds. The Hall–Kier alpha value is -2.24. The summed E-state index contributed by atoms with van der Waals surface area (Å²) in [7, 11) is 0. The lowest BCUT2D eigenvalue weighted by Crippen LogP contribution is -2.38. The van der Waals surface area contributed by atoms with Crippen LogP contribution in [-0.4, -0.2) is 18.5 Å². The van der Waals surface area contributed by atoms with Gasteiger partial charge in [0, 0.05) is 0 Å². The Morgan fingerprint density at radius 2 is 2.00 bits per heavy atom. The molecule has 6 nitrogen and oxygen atoms in total. The van der Waals surface area contributed by atoms with Gasteiger partial charge in [-0.15, -0.1) is 0 Å². The molecular formula is C9H11N3O3. The van der Waals surface area contributed by atoms with E-state index in [0.717, 1.165) is 0 Å². The molecule has 1 aromatic rings. The molecule has 80 valence electrons. The molecule has 0 atom stereocenters. The second-order valence-corrected chi connectivity index (χ2v) is 2.74. The SMILES string of the molecule is NC(=O)NC(=O)COc1ccccc1N. The Morgan fingerprint density at radius 3 is 2.60 bits per heavy atom. The number of benzene rings is 1. The van der Waals surface area contributed by atoms with Crippen molar-refractivity contribution in [3.05, 3.63) is 24.3 Å². The second kappa shape index (κ2) is 4.85. The molecular weight excluding hydrogens is 198 g/mol. The summed E-state index contributed by atoms with van der Waals surface area (Å²) < 4.78 is 5.05. The maximum Gasteiger partial charge on any atom is 0.318 e. The van der Waals surface area contributed by atoms with E-state index in [9.17, 15) is 9.59 Å². The minimum absolute atomic E-state index is 0.308. The molecule has 0 aromatic heterocycles. The summed E-state index contributed by atoms with van der Waals surface area (Å²) >= 11 is 0. The third-order valence-corrected chi connectivity index (χ3v) is 1.54. The number of urea groups is 1. The van der Waals surface area contributed by atoms with E-state index >= 15 is 0 Å². The second-order valence-electron chi connectivity index (χ2n) is 2.74. The molecule has 0 aliphatic carbocycles. The van der Waals surface area contributed by atoms with Crippen LogP contribution in [0.25, 0.3) is 0 Å². The third kappa shape index (κ3) is 3.55. The van der Waals surface area contributed by atoms with E-state index < -0.39 is 11.9 Å². The van der Waals surface area contributed by atoms with Crippen LogP contribution >= 0.6 is 0 Å². The number of para-hydroxylation sites is 2. The fourth-order valence-electron chi connectivity index (χ4n) is 0.929. The van der Waals surface area contributed by atoms with E-state index in [4.69, 9.17) is 16.2 Å². The molecule has 0 heterocycles. The van der Waals surface area contributed by atoms with Crippen LogP contribution in [0.3, 0.4) is 0 Å². The molecule has 15 heavy (non-hydrogen) atoms. The average molecular weight is 209 g/mol. The molecule has 6 heteroatoms. The molecule has 0 fully saturated rings. The van der Waals surface area contributed by atoms with Crippen molar-refractivity contribution < 1.29 is 14.3 Å². The molecule has 0 aliphatic rings. The van der Waals surface area contributed by atoms with Crippen molar-refractivity contribution in [1.29, 1.82) is 0 Å². The van der Waals surface area contributed by atoms with E-state index in [0.29, 0.717) is 11.4 Å². The van der Waals surface area contributed by atoms with Crippen LogP contribution in [0.2, 0.25) is 0 Å². The lowest BCUT2D eigenvalue weighted by atomic mass is 10.3. The smallest absolute Gasteiger partial charge is 0.318 e. The zero-order chi connectivity index (χ0) is 11.3. The summed E-state index contributed by atoms with van der Waals surface area (Å²) in [5, 5.41) is 1.87. The Kier molecular flexibility index (Phi) is 3.50. The summed E-state index contributed by atoms with van der Waals surface area (Å²) in [5.74, 6) is -0.233. The van der Waals surface area contributed by atoms with Crippen molar-refractivity contribution in [2.45, 2.75) is 0 Å². The molecule has 0 bridgehead atoms. The van der Waals surface area contributed by atoms with E-state index in [1.165, 1.54) is 0 Å². The van der Waals surface area contributed by atoms with Gasteiger partial charge in [-0.2, -0.15) is 0 Å². The highest BCUT2D eigenvalue weighted by Crippen LogP contribution is 2.19. The zero-order valence-electron chi connectivity index (χ0n) is 7.90. The first kappa shape index (κ1) is 10.8. The minimum atomic E-state index is -0.912. The van der Waals surface area contributed by atoms with Gasteiger partial charge in [0.1, 0.15) is 5.75 Å². The first-order valence-corrected chi connectivity index (χ1v) is 4.16. The Labute approximate surface area is 86.2 Å². The minimum Gasteiger partial charge on any atom is -0.482 e. The van der Waals surface area contributed by atoms with Crippen molar-refractivity contribution in [1.82, 2.24) is 5.32 Å². The number of rotatable bonds is 3. The number of carbonyl (C=O) groups is 2. The van der Waals surface area contributed by atoms with E-state index in [1.54, 1.807) is 24.3 Å². The highest BCUT2D eigenvalue weighted by atomic mass is 16.5. The third-order valence-electron chi connectivity index (χ3n) is 1.54. The molecule has 1 rings (SSSR count). The van der Waals surface area contributed by atoms with Crippen LogP contribution in [0.4, 0.5) is 10.5 Å². The number of nitrogens with two attached hydrogens (primary N) is 2. The van der Waals surface area contributed by atoms with E-state index in [1.807, 2.05) is 5.32 Å². The van der Waals surface area contributed by atoms with E-state index in [-0.39, 0.29) is 6.61 Å². The first-order chi connectivity index (χ1) is 7.09. The van der Waals surface area contributed by atoms with Crippen molar-refractivity contribution in [3.8, 4) is 5.75 Å². The Balaban J connectivity index is 2.47. The van der Waals surface area contributed by atoms with Crippen LogP contribution < -0.4 is 21.5 Å². The van der Waals surface area contributed by atoms with Gasteiger partial charge in [-0.05, 0) is 12.1 Å². The predicted octanol–water partition coefficient (Wildman–Crippen LogP) is -0.158. The Bertz CT molecular complexity index is 379. The van der Waals surface area contributed by atoms with Crippen molar-refractivity contribution in [3.63, 3.8) is 0 Å². The maximum absolute atomic E-state index is 11.0. The highest BCUT2D eigenvalue weighted by Gasteiger charge is 2.06. The normalized spacial score (nSPS) is 9.33. The van der Waals surface area contributed by atoms with Gasteiger partial charge in [0.25, 0.3) is 5.91 Å². The number of hydrogen-bond acceptors (Lipinski definition) is 4. The largest absolute Gasteiger partial charge is 0.482 e.